The summed E-state index contributed by atoms with van der Waals surface area (Å²) in [6.45, 7) is 7.85. The number of benzene rings is 1. The minimum Gasteiger partial charge on any atom is -0.491 e. The molecular weight excluding hydrogens is 268 g/mol. The summed E-state index contributed by atoms with van der Waals surface area (Å²) in [5, 5.41) is 6.15. The monoisotopic (exact) mass is 292 g/mol. The van der Waals surface area contributed by atoms with Crippen LogP contribution >= 0.6 is 0 Å². The number of carbonyl (C=O) groups is 1. The number of nitrogens with one attached hydrogen (secondary N) is 2. The maximum absolute atomic E-state index is 12.2. The van der Waals surface area contributed by atoms with E-state index in [1.165, 1.54) is 0 Å². The van der Waals surface area contributed by atoms with Crippen molar-refractivity contribution in [2.45, 2.75) is 39.0 Å². The molecule has 1 amide bonds. The predicted molar refractivity (Wildman–Crippen MR) is 81.4 cm³/mol. The van der Waals surface area contributed by atoms with E-state index in [0.717, 1.165) is 17.9 Å². The van der Waals surface area contributed by atoms with Gasteiger partial charge in [-0.05, 0) is 26.8 Å². The van der Waals surface area contributed by atoms with E-state index in [4.69, 9.17) is 9.47 Å². The van der Waals surface area contributed by atoms with Gasteiger partial charge in [0, 0.05) is 18.7 Å². The number of ether oxygens (including phenoxy) is 2. The number of carbonyl (C=O) groups excluding carboxylic acids is 1. The first-order valence-corrected chi connectivity index (χ1v) is 7.46. The Morgan fingerprint density at radius 1 is 1.38 bits per heavy atom. The number of hydrogen-bond donors (Lipinski definition) is 2. The van der Waals surface area contributed by atoms with Gasteiger partial charge in [0.05, 0.1) is 18.8 Å². The fourth-order valence-corrected chi connectivity index (χ4v) is 2.32. The minimum atomic E-state index is -0.417. The highest BCUT2D eigenvalue weighted by atomic mass is 16.5. The van der Waals surface area contributed by atoms with Gasteiger partial charge in [0.2, 0.25) is 0 Å². The van der Waals surface area contributed by atoms with Crippen molar-refractivity contribution in [3.63, 3.8) is 0 Å². The molecule has 1 aliphatic rings. The van der Waals surface area contributed by atoms with Crippen molar-refractivity contribution in [3.05, 3.63) is 29.8 Å². The van der Waals surface area contributed by atoms with Crippen molar-refractivity contribution in [2.24, 2.45) is 0 Å². The summed E-state index contributed by atoms with van der Waals surface area (Å²) in [6.07, 6.45) is -0.320. The summed E-state index contributed by atoms with van der Waals surface area (Å²) in [4.78, 5) is 12.2. The van der Waals surface area contributed by atoms with Crippen LogP contribution in [0.5, 0.6) is 5.75 Å². The lowest BCUT2D eigenvalue weighted by Gasteiger charge is -2.25. The van der Waals surface area contributed by atoms with Crippen molar-refractivity contribution >= 4 is 5.91 Å². The van der Waals surface area contributed by atoms with E-state index in [0.29, 0.717) is 13.2 Å². The van der Waals surface area contributed by atoms with Gasteiger partial charge in [-0.25, -0.2) is 0 Å². The molecule has 5 heteroatoms. The normalized spacial score (nSPS) is 20.1. The Balaban J connectivity index is 2.02. The molecule has 2 unspecified atom stereocenters. The largest absolute Gasteiger partial charge is 0.491 e. The molecule has 0 radical (unpaired) electrons. The first-order valence-electron chi connectivity index (χ1n) is 7.46. The van der Waals surface area contributed by atoms with Crippen LogP contribution in [0.4, 0.5) is 0 Å². The average molecular weight is 292 g/mol. The molecule has 0 aromatic heterocycles. The highest BCUT2D eigenvalue weighted by Gasteiger charge is 2.24. The summed E-state index contributed by atoms with van der Waals surface area (Å²) in [7, 11) is 0. The third-order valence-electron chi connectivity index (χ3n) is 3.33. The number of hydrogen-bond acceptors (Lipinski definition) is 4. The third kappa shape index (κ3) is 4.44. The molecule has 116 valence electrons. The van der Waals surface area contributed by atoms with Crippen molar-refractivity contribution in [1.29, 1.82) is 0 Å². The van der Waals surface area contributed by atoms with Gasteiger partial charge in [0.25, 0.3) is 5.91 Å². The van der Waals surface area contributed by atoms with E-state index >= 15 is 0 Å². The van der Waals surface area contributed by atoms with Crippen molar-refractivity contribution in [3.8, 4) is 5.75 Å². The lowest BCUT2D eigenvalue weighted by Crippen LogP contribution is -2.48. The SMILES string of the molecule is CC(C)Oc1ccccc1C(C)NC(=O)C1CNCCO1. The first kappa shape index (κ1) is 15.8. The summed E-state index contributed by atoms with van der Waals surface area (Å²) >= 11 is 0. The molecule has 2 rings (SSSR count). The van der Waals surface area contributed by atoms with Crippen LogP contribution < -0.4 is 15.4 Å². The molecule has 1 aromatic rings. The van der Waals surface area contributed by atoms with Gasteiger partial charge < -0.3 is 20.1 Å². The summed E-state index contributed by atoms with van der Waals surface area (Å²) in [5.41, 5.74) is 0.975. The zero-order valence-corrected chi connectivity index (χ0v) is 12.9. The van der Waals surface area contributed by atoms with Crippen LogP contribution in [0.3, 0.4) is 0 Å². The molecular formula is C16H24N2O3. The molecule has 21 heavy (non-hydrogen) atoms. The second-order valence-corrected chi connectivity index (χ2v) is 5.50. The standard InChI is InChI=1S/C16H24N2O3/c1-11(2)21-14-7-5-4-6-13(14)12(3)18-16(19)15-10-17-8-9-20-15/h4-7,11-12,15,17H,8-10H2,1-3H3,(H,18,19). The lowest BCUT2D eigenvalue weighted by atomic mass is 10.1. The zero-order valence-electron chi connectivity index (χ0n) is 12.9. The third-order valence-corrected chi connectivity index (χ3v) is 3.33. The Labute approximate surface area is 126 Å². The van der Waals surface area contributed by atoms with Gasteiger partial charge in [-0.15, -0.1) is 0 Å². The Morgan fingerprint density at radius 2 is 2.14 bits per heavy atom. The molecule has 1 saturated heterocycles. The van der Waals surface area contributed by atoms with Crippen molar-refractivity contribution < 1.29 is 14.3 Å². The molecule has 2 atom stereocenters. The smallest absolute Gasteiger partial charge is 0.250 e. The molecule has 0 spiro atoms. The number of rotatable bonds is 5. The van der Waals surface area contributed by atoms with Gasteiger partial charge in [-0.1, -0.05) is 18.2 Å². The maximum atomic E-state index is 12.2. The van der Waals surface area contributed by atoms with Crippen LogP contribution in [-0.2, 0) is 9.53 Å². The first-order chi connectivity index (χ1) is 10.1. The van der Waals surface area contributed by atoms with Crippen LogP contribution in [0.2, 0.25) is 0 Å². The van der Waals surface area contributed by atoms with E-state index in [2.05, 4.69) is 10.6 Å². The van der Waals surface area contributed by atoms with E-state index in [1.807, 2.05) is 45.0 Å². The van der Waals surface area contributed by atoms with Crippen molar-refractivity contribution in [2.75, 3.05) is 19.7 Å². The molecule has 1 aromatic carbocycles. The Kier molecular flexibility index (Phi) is 5.59. The predicted octanol–water partition coefficient (Wildman–Crippen LogP) is 1.64. The zero-order chi connectivity index (χ0) is 15.2. The van der Waals surface area contributed by atoms with Crippen LogP contribution in [0.15, 0.2) is 24.3 Å². The summed E-state index contributed by atoms with van der Waals surface area (Å²) < 4.78 is 11.3. The van der Waals surface area contributed by atoms with Gasteiger partial charge in [-0.2, -0.15) is 0 Å². The van der Waals surface area contributed by atoms with Gasteiger partial charge in [0.1, 0.15) is 11.9 Å². The topological polar surface area (TPSA) is 59.6 Å². The molecule has 1 fully saturated rings. The van der Waals surface area contributed by atoms with Crippen LogP contribution in [-0.4, -0.2) is 37.8 Å². The Hall–Kier alpha value is -1.59. The fraction of sp³-hybridized carbons (Fsp3) is 0.562. The molecule has 2 N–H and O–H groups in total. The van der Waals surface area contributed by atoms with Crippen LogP contribution in [0.1, 0.15) is 32.4 Å². The Bertz CT molecular complexity index is 470. The highest BCUT2D eigenvalue weighted by Crippen LogP contribution is 2.25. The maximum Gasteiger partial charge on any atom is 0.250 e. The Morgan fingerprint density at radius 3 is 2.81 bits per heavy atom. The minimum absolute atomic E-state index is 0.0888. The lowest BCUT2D eigenvalue weighted by molar-refractivity contribution is -0.134. The average Bonchev–Trinajstić information content (AvgIpc) is 2.48. The molecule has 0 saturated carbocycles. The molecule has 0 bridgehead atoms. The second kappa shape index (κ2) is 7.43. The van der Waals surface area contributed by atoms with Gasteiger partial charge >= 0.3 is 0 Å². The molecule has 5 nitrogen and oxygen atoms in total. The molecule has 1 aliphatic heterocycles. The quantitative estimate of drug-likeness (QED) is 0.866. The van der Waals surface area contributed by atoms with Gasteiger partial charge in [-0.3, -0.25) is 4.79 Å². The number of para-hydroxylation sites is 1. The number of amides is 1. The van der Waals surface area contributed by atoms with Crippen LogP contribution in [0, 0.1) is 0 Å². The molecule has 0 aliphatic carbocycles. The van der Waals surface area contributed by atoms with E-state index < -0.39 is 6.10 Å². The van der Waals surface area contributed by atoms with Crippen LogP contribution in [0.25, 0.3) is 0 Å². The van der Waals surface area contributed by atoms with E-state index in [-0.39, 0.29) is 18.1 Å². The number of morpholine rings is 1. The fourth-order valence-electron chi connectivity index (χ4n) is 2.32. The van der Waals surface area contributed by atoms with Crippen molar-refractivity contribution in [1.82, 2.24) is 10.6 Å². The second-order valence-electron chi connectivity index (χ2n) is 5.50. The molecule has 1 heterocycles. The van der Waals surface area contributed by atoms with Gasteiger partial charge in [0.15, 0.2) is 0 Å². The van der Waals surface area contributed by atoms with E-state index in [9.17, 15) is 4.79 Å². The summed E-state index contributed by atoms with van der Waals surface area (Å²) in [5.74, 6) is 0.719. The van der Waals surface area contributed by atoms with E-state index in [1.54, 1.807) is 0 Å². The highest BCUT2D eigenvalue weighted by molar-refractivity contribution is 5.81. The summed E-state index contributed by atoms with van der Waals surface area (Å²) in [6, 6.07) is 7.66.